The van der Waals surface area contributed by atoms with Gasteiger partial charge in [-0.2, -0.15) is 10.2 Å². The Labute approximate surface area is 169 Å². The van der Waals surface area contributed by atoms with Gasteiger partial charge >= 0.3 is 0 Å². The van der Waals surface area contributed by atoms with E-state index in [9.17, 15) is 4.79 Å². The first-order chi connectivity index (χ1) is 13.4. The van der Waals surface area contributed by atoms with Crippen LogP contribution in [0.5, 0.6) is 0 Å². The molecule has 6 heteroatoms. The van der Waals surface area contributed by atoms with Crippen molar-refractivity contribution in [2.24, 2.45) is 11.0 Å². The fraction of sp³-hybridized carbons (Fsp3) is 0.227. The van der Waals surface area contributed by atoms with Crippen LogP contribution in [0.15, 0.2) is 59.7 Å². The molecule has 0 unspecified atom stereocenters. The summed E-state index contributed by atoms with van der Waals surface area (Å²) in [6, 6.07) is 17.2. The third-order valence-corrected chi connectivity index (χ3v) is 4.56. The van der Waals surface area contributed by atoms with E-state index in [1.165, 1.54) is 5.56 Å². The van der Waals surface area contributed by atoms with Gasteiger partial charge in [-0.25, -0.2) is 5.43 Å². The van der Waals surface area contributed by atoms with Gasteiger partial charge in [0, 0.05) is 10.6 Å². The smallest absolute Gasteiger partial charge is 0.272 e. The Hall–Kier alpha value is -2.92. The molecule has 1 amide bonds. The van der Waals surface area contributed by atoms with Gasteiger partial charge in [0.15, 0.2) is 0 Å². The Balaban J connectivity index is 1.66. The van der Waals surface area contributed by atoms with Gasteiger partial charge in [-0.3, -0.25) is 9.89 Å². The van der Waals surface area contributed by atoms with E-state index in [4.69, 9.17) is 11.6 Å². The lowest BCUT2D eigenvalue weighted by molar-refractivity contribution is 0.0950. The Morgan fingerprint density at radius 2 is 1.82 bits per heavy atom. The molecule has 2 N–H and O–H groups in total. The lowest BCUT2D eigenvalue weighted by Crippen LogP contribution is -2.19. The summed E-state index contributed by atoms with van der Waals surface area (Å²) in [7, 11) is 0. The third-order valence-electron chi connectivity index (χ3n) is 4.30. The number of nitrogens with one attached hydrogen (secondary N) is 2. The van der Waals surface area contributed by atoms with E-state index in [-0.39, 0.29) is 5.91 Å². The molecule has 0 aliphatic carbocycles. The summed E-state index contributed by atoms with van der Waals surface area (Å²) in [4.78, 5) is 12.3. The highest BCUT2D eigenvalue weighted by Gasteiger charge is 2.11. The van der Waals surface area contributed by atoms with Crippen molar-refractivity contribution >= 4 is 23.2 Å². The average Bonchev–Trinajstić information content (AvgIpc) is 3.17. The van der Waals surface area contributed by atoms with Crippen LogP contribution in [0.25, 0.3) is 11.3 Å². The topological polar surface area (TPSA) is 70.1 Å². The van der Waals surface area contributed by atoms with Gasteiger partial charge in [-0.05, 0) is 48.6 Å². The number of hydrogen-bond donors (Lipinski definition) is 2. The summed E-state index contributed by atoms with van der Waals surface area (Å²) in [5.74, 6) is 0.270. The van der Waals surface area contributed by atoms with Gasteiger partial charge in [-0.1, -0.05) is 61.8 Å². The second kappa shape index (κ2) is 8.85. The molecule has 1 aromatic heterocycles. The van der Waals surface area contributed by atoms with Crippen LogP contribution < -0.4 is 5.43 Å². The zero-order valence-electron chi connectivity index (χ0n) is 16.2. The van der Waals surface area contributed by atoms with E-state index in [2.05, 4.69) is 46.7 Å². The van der Waals surface area contributed by atoms with Crippen molar-refractivity contribution in [1.82, 2.24) is 15.6 Å². The molecule has 0 spiro atoms. The summed E-state index contributed by atoms with van der Waals surface area (Å²) in [6.45, 7) is 6.22. The van der Waals surface area contributed by atoms with Crippen molar-refractivity contribution in [3.63, 3.8) is 0 Å². The highest BCUT2D eigenvalue weighted by molar-refractivity contribution is 6.30. The molecule has 0 aliphatic heterocycles. The fourth-order valence-electron chi connectivity index (χ4n) is 2.82. The van der Waals surface area contributed by atoms with Crippen LogP contribution in [0.3, 0.4) is 0 Å². The first-order valence-corrected chi connectivity index (χ1v) is 9.55. The number of rotatable bonds is 6. The second-order valence-corrected chi connectivity index (χ2v) is 7.54. The number of aromatic nitrogens is 2. The van der Waals surface area contributed by atoms with Gasteiger partial charge in [0.25, 0.3) is 5.91 Å². The molecule has 5 nitrogen and oxygen atoms in total. The Morgan fingerprint density at radius 1 is 1.14 bits per heavy atom. The van der Waals surface area contributed by atoms with Crippen LogP contribution in [0.2, 0.25) is 5.02 Å². The number of nitrogens with zero attached hydrogens (tertiary/aromatic N) is 2. The molecule has 28 heavy (non-hydrogen) atoms. The molecule has 1 heterocycles. The largest absolute Gasteiger partial charge is 0.289 e. The molecule has 0 saturated heterocycles. The third kappa shape index (κ3) is 5.08. The van der Waals surface area contributed by atoms with Crippen LogP contribution in [0.1, 0.15) is 42.4 Å². The lowest BCUT2D eigenvalue weighted by atomic mass is 10.0. The fourth-order valence-corrected chi connectivity index (χ4v) is 2.95. The Morgan fingerprint density at radius 3 is 2.46 bits per heavy atom. The van der Waals surface area contributed by atoms with Crippen LogP contribution in [0, 0.1) is 5.92 Å². The van der Waals surface area contributed by atoms with E-state index in [0.29, 0.717) is 22.3 Å². The molecule has 3 rings (SSSR count). The summed E-state index contributed by atoms with van der Waals surface area (Å²) in [6.07, 6.45) is 1.04. The summed E-state index contributed by atoms with van der Waals surface area (Å²) in [5, 5.41) is 11.8. The zero-order valence-corrected chi connectivity index (χ0v) is 16.9. The maximum absolute atomic E-state index is 12.3. The number of halogens is 1. The normalized spacial score (nSPS) is 11.7. The summed E-state index contributed by atoms with van der Waals surface area (Å²) < 4.78 is 0. The second-order valence-electron chi connectivity index (χ2n) is 7.11. The number of aromatic amines is 1. The number of H-pyrrole nitrogens is 1. The molecule has 0 aliphatic rings. The maximum atomic E-state index is 12.3. The molecule has 0 fully saturated rings. The minimum absolute atomic E-state index is 0.344. The molecular formula is C22H23ClN4O. The van der Waals surface area contributed by atoms with Crippen LogP contribution >= 0.6 is 11.6 Å². The highest BCUT2D eigenvalue weighted by atomic mass is 35.5. The molecular weight excluding hydrogens is 372 g/mol. The van der Waals surface area contributed by atoms with E-state index < -0.39 is 0 Å². The predicted octanol–water partition coefficient (Wildman–Crippen LogP) is 5.08. The number of amides is 1. The van der Waals surface area contributed by atoms with Crippen molar-refractivity contribution in [1.29, 1.82) is 0 Å². The van der Waals surface area contributed by atoms with Crippen molar-refractivity contribution in [3.05, 3.63) is 76.4 Å². The van der Waals surface area contributed by atoms with Crippen LogP contribution in [-0.2, 0) is 6.42 Å². The molecule has 0 bridgehead atoms. The maximum Gasteiger partial charge on any atom is 0.289 e. The van der Waals surface area contributed by atoms with Gasteiger partial charge in [0.1, 0.15) is 5.69 Å². The van der Waals surface area contributed by atoms with E-state index in [1.54, 1.807) is 18.2 Å². The zero-order chi connectivity index (χ0) is 20.1. The predicted molar refractivity (Wildman–Crippen MR) is 114 cm³/mol. The van der Waals surface area contributed by atoms with E-state index in [1.807, 2.05) is 31.2 Å². The number of hydrogen-bond acceptors (Lipinski definition) is 3. The van der Waals surface area contributed by atoms with Gasteiger partial charge < -0.3 is 0 Å². The molecule has 0 radical (unpaired) electrons. The van der Waals surface area contributed by atoms with Crippen molar-refractivity contribution in [2.75, 3.05) is 0 Å². The van der Waals surface area contributed by atoms with E-state index >= 15 is 0 Å². The molecule has 0 saturated carbocycles. The highest BCUT2D eigenvalue weighted by Crippen LogP contribution is 2.19. The molecule has 2 aromatic carbocycles. The van der Waals surface area contributed by atoms with Crippen molar-refractivity contribution in [2.45, 2.75) is 27.2 Å². The summed E-state index contributed by atoms with van der Waals surface area (Å²) in [5.41, 5.74) is 7.45. The SMILES string of the molecule is C/C(=N\NC(=O)c1cc(-c2ccc(CC(C)C)cc2)n[nH]1)c1ccc(Cl)cc1. The lowest BCUT2D eigenvalue weighted by Gasteiger charge is -2.05. The van der Waals surface area contributed by atoms with Crippen LogP contribution in [-0.4, -0.2) is 21.8 Å². The molecule has 0 atom stereocenters. The van der Waals surface area contributed by atoms with Gasteiger partial charge in [0.2, 0.25) is 0 Å². The average molecular weight is 395 g/mol. The van der Waals surface area contributed by atoms with Gasteiger partial charge in [0.05, 0.1) is 11.4 Å². The van der Waals surface area contributed by atoms with Gasteiger partial charge in [-0.15, -0.1) is 0 Å². The quantitative estimate of drug-likeness (QED) is 0.452. The van der Waals surface area contributed by atoms with Crippen molar-refractivity contribution < 1.29 is 4.79 Å². The monoisotopic (exact) mass is 394 g/mol. The minimum Gasteiger partial charge on any atom is -0.272 e. The number of benzene rings is 2. The number of carbonyl (C=O) groups is 1. The minimum atomic E-state index is -0.344. The van der Waals surface area contributed by atoms with Crippen LogP contribution in [0.4, 0.5) is 0 Å². The summed E-state index contributed by atoms with van der Waals surface area (Å²) >= 11 is 5.89. The first kappa shape index (κ1) is 19.8. The molecule has 3 aromatic rings. The van der Waals surface area contributed by atoms with E-state index in [0.717, 1.165) is 23.2 Å². The Bertz CT molecular complexity index is 973. The first-order valence-electron chi connectivity index (χ1n) is 9.17. The number of carbonyl (C=O) groups excluding carboxylic acids is 1. The van der Waals surface area contributed by atoms with Crippen molar-refractivity contribution in [3.8, 4) is 11.3 Å². The number of hydrazone groups is 1. The standard InChI is InChI=1S/C22H23ClN4O/c1-14(2)12-16-4-6-18(7-5-16)20-13-21(26-25-20)22(28)27-24-15(3)17-8-10-19(23)11-9-17/h4-11,13-14H,12H2,1-3H3,(H,25,26)(H,27,28)/b24-15+. The Kier molecular flexibility index (Phi) is 6.26. The molecule has 144 valence electrons.